The molecule has 0 aromatic carbocycles. The second-order valence-electron chi connectivity index (χ2n) is 3.48. The fraction of sp³-hybridized carbons (Fsp3) is 0.455. The van der Waals surface area contributed by atoms with E-state index in [1.54, 1.807) is 12.4 Å². The highest BCUT2D eigenvalue weighted by atomic mass is 16.4. The first kappa shape index (κ1) is 11.7. The highest BCUT2D eigenvalue weighted by Crippen LogP contribution is 2.05. The van der Waals surface area contributed by atoms with E-state index in [4.69, 9.17) is 5.11 Å². The van der Waals surface area contributed by atoms with Crippen molar-refractivity contribution < 1.29 is 9.90 Å². The standard InChI is InChI=1S/C11H16N2O2/c1-3-10(11(14)15)13-7-9-4-5-12-6-8(9)2/h4-6,10,13H,3,7H2,1-2H3,(H,14,15). The Balaban J connectivity index is 2.56. The van der Waals surface area contributed by atoms with Crippen LogP contribution < -0.4 is 5.32 Å². The predicted octanol–water partition coefficient (Wildman–Crippen LogP) is 1.34. The van der Waals surface area contributed by atoms with Crippen molar-refractivity contribution in [3.63, 3.8) is 0 Å². The summed E-state index contributed by atoms with van der Waals surface area (Å²) in [6, 6.07) is 1.43. The Morgan fingerprint density at radius 2 is 2.40 bits per heavy atom. The molecule has 4 nitrogen and oxygen atoms in total. The zero-order chi connectivity index (χ0) is 11.3. The van der Waals surface area contributed by atoms with Crippen molar-refractivity contribution in [1.82, 2.24) is 10.3 Å². The number of pyridine rings is 1. The van der Waals surface area contributed by atoms with E-state index in [2.05, 4.69) is 10.3 Å². The van der Waals surface area contributed by atoms with Gasteiger partial charge in [-0.3, -0.25) is 9.78 Å². The minimum absolute atomic E-state index is 0.474. The first-order valence-corrected chi connectivity index (χ1v) is 5.00. The third-order valence-electron chi connectivity index (χ3n) is 2.38. The number of nitrogens with zero attached hydrogens (tertiary/aromatic N) is 1. The summed E-state index contributed by atoms with van der Waals surface area (Å²) in [5.41, 5.74) is 2.16. The highest BCUT2D eigenvalue weighted by molar-refractivity contribution is 5.73. The Labute approximate surface area is 89.3 Å². The van der Waals surface area contributed by atoms with E-state index < -0.39 is 12.0 Å². The number of hydrogen-bond donors (Lipinski definition) is 2. The van der Waals surface area contributed by atoms with Gasteiger partial charge in [0.25, 0.3) is 0 Å². The van der Waals surface area contributed by atoms with Crippen LogP contribution in [-0.4, -0.2) is 22.1 Å². The third kappa shape index (κ3) is 3.32. The summed E-state index contributed by atoms with van der Waals surface area (Å²) in [6.45, 7) is 4.39. The quantitative estimate of drug-likeness (QED) is 0.766. The molecule has 82 valence electrons. The summed E-state index contributed by atoms with van der Waals surface area (Å²) >= 11 is 0. The maximum absolute atomic E-state index is 10.8. The Kier molecular flexibility index (Phi) is 4.24. The molecule has 15 heavy (non-hydrogen) atoms. The molecule has 0 spiro atoms. The Hall–Kier alpha value is -1.42. The normalized spacial score (nSPS) is 12.4. The van der Waals surface area contributed by atoms with Gasteiger partial charge in [0.2, 0.25) is 0 Å². The average Bonchev–Trinajstić information content (AvgIpc) is 2.21. The van der Waals surface area contributed by atoms with Gasteiger partial charge in [0.15, 0.2) is 0 Å². The number of aliphatic carboxylic acids is 1. The summed E-state index contributed by atoms with van der Waals surface area (Å²) in [6.07, 6.45) is 4.07. The van der Waals surface area contributed by atoms with Gasteiger partial charge in [0.1, 0.15) is 6.04 Å². The molecule has 1 unspecified atom stereocenters. The van der Waals surface area contributed by atoms with Gasteiger partial charge in [-0.15, -0.1) is 0 Å². The molecule has 0 fully saturated rings. The van der Waals surface area contributed by atoms with Crippen molar-refractivity contribution in [2.24, 2.45) is 0 Å². The van der Waals surface area contributed by atoms with Crippen LogP contribution in [0.1, 0.15) is 24.5 Å². The fourth-order valence-corrected chi connectivity index (χ4v) is 1.34. The van der Waals surface area contributed by atoms with E-state index in [0.29, 0.717) is 13.0 Å². The van der Waals surface area contributed by atoms with Gasteiger partial charge in [-0.1, -0.05) is 6.92 Å². The first-order chi connectivity index (χ1) is 7.15. The molecular formula is C11H16N2O2. The molecule has 1 aromatic heterocycles. The van der Waals surface area contributed by atoms with E-state index in [1.165, 1.54) is 0 Å². The lowest BCUT2D eigenvalue weighted by Crippen LogP contribution is -2.35. The topological polar surface area (TPSA) is 62.2 Å². The van der Waals surface area contributed by atoms with E-state index >= 15 is 0 Å². The zero-order valence-corrected chi connectivity index (χ0v) is 9.03. The molecule has 0 aliphatic carbocycles. The van der Waals surface area contributed by atoms with Crippen molar-refractivity contribution in [1.29, 1.82) is 0 Å². The van der Waals surface area contributed by atoms with Gasteiger partial charge in [0.05, 0.1) is 0 Å². The van der Waals surface area contributed by atoms with E-state index in [-0.39, 0.29) is 0 Å². The number of carboxylic acid groups (broad SMARTS) is 1. The summed E-state index contributed by atoms with van der Waals surface area (Å²) in [4.78, 5) is 14.7. The SMILES string of the molecule is CCC(NCc1ccncc1C)C(=O)O. The van der Waals surface area contributed by atoms with E-state index in [9.17, 15) is 4.79 Å². The van der Waals surface area contributed by atoms with Crippen molar-refractivity contribution in [2.75, 3.05) is 0 Å². The molecule has 2 N–H and O–H groups in total. The molecule has 0 aliphatic heterocycles. The van der Waals surface area contributed by atoms with Gasteiger partial charge in [-0.05, 0) is 30.5 Å². The predicted molar refractivity (Wildman–Crippen MR) is 57.5 cm³/mol. The summed E-state index contributed by atoms with van der Waals surface area (Å²) in [5, 5.41) is 11.8. The van der Waals surface area contributed by atoms with Crippen LogP contribution in [0.2, 0.25) is 0 Å². The lowest BCUT2D eigenvalue weighted by molar-refractivity contribution is -0.139. The lowest BCUT2D eigenvalue weighted by Gasteiger charge is -2.12. The molecule has 0 amide bonds. The van der Waals surface area contributed by atoms with Gasteiger partial charge in [0, 0.05) is 18.9 Å². The molecule has 1 heterocycles. The Bertz CT molecular complexity index is 339. The largest absolute Gasteiger partial charge is 0.480 e. The van der Waals surface area contributed by atoms with Crippen LogP contribution in [-0.2, 0) is 11.3 Å². The molecule has 4 heteroatoms. The first-order valence-electron chi connectivity index (χ1n) is 5.00. The molecule has 0 saturated carbocycles. The second-order valence-corrected chi connectivity index (χ2v) is 3.48. The van der Waals surface area contributed by atoms with E-state index in [1.807, 2.05) is 19.9 Å². The smallest absolute Gasteiger partial charge is 0.320 e. The summed E-state index contributed by atoms with van der Waals surface area (Å²) < 4.78 is 0. The average molecular weight is 208 g/mol. The fourth-order valence-electron chi connectivity index (χ4n) is 1.34. The van der Waals surface area contributed by atoms with E-state index in [0.717, 1.165) is 11.1 Å². The van der Waals surface area contributed by atoms with Crippen LogP contribution in [0.3, 0.4) is 0 Å². The molecular weight excluding hydrogens is 192 g/mol. The summed E-state index contributed by atoms with van der Waals surface area (Å²) in [7, 11) is 0. The zero-order valence-electron chi connectivity index (χ0n) is 9.03. The van der Waals surface area contributed by atoms with Crippen molar-refractivity contribution >= 4 is 5.97 Å². The number of hydrogen-bond acceptors (Lipinski definition) is 3. The van der Waals surface area contributed by atoms with Gasteiger partial charge < -0.3 is 10.4 Å². The van der Waals surface area contributed by atoms with Crippen molar-refractivity contribution in [3.8, 4) is 0 Å². The Morgan fingerprint density at radius 1 is 1.67 bits per heavy atom. The van der Waals surface area contributed by atoms with Crippen molar-refractivity contribution in [2.45, 2.75) is 32.9 Å². The van der Waals surface area contributed by atoms with Crippen LogP contribution in [0.4, 0.5) is 0 Å². The highest BCUT2D eigenvalue weighted by Gasteiger charge is 2.13. The minimum Gasteiger partial charge on any atom is -0.480 e. The number of carboxylic acids is 1. The molecule has 0 radical (unpaired) electrons. The second kappa shape index (κ2) is 5.46. The molecule has 0 saturated heterocycles. The van der Waals surface area contributed by atoms with Crippen LogP contribution in [0, 0.1) is 6.92 Å². The van der Waals surface area contributed by atoms with Crippen LogP contribution in [0.25, 0.3) is 0 Å². The number of rotatable bonds is 5. The van der Waals surface area contributed by atoms with Gasteiger partial charge >= 0.3 is 5.97 Å². The van der Waals surface area contributed by atoms with Crippen LogP contribution in [0.15, 0.2) is 18.5 Å². The molecule has 0 bridgehead atoms. The maximum Gasteiger partial charge on any atom is 0.320 e. The van der Waals surface area contributed by atoms with Gasteiger partial charge in [-0.25, -0.2) is 0 Å². The summed E-state index contributed by atoms with van der Waals surface area (Å²) in [5.74, 6) is -0.802. The minimum atomic E-state index is -0.802. The van der Waals surface area contributed by atoms with Crippen LogP contribution in [0.5, 0.6) is 0 Å². The molecule has 1 rings (SSSR count). The lowest BCUT2D eigenvalue weighted by atomic mass is 10.1. The Morgan fingerprint density at radius 3 is 2.93 bits per heavy atom. The molecule has 0 aliphatic rings. The van der Waals surface area contributed by atoms with Gasteiger partial charge in [-0.2, -0.15) is 0 Å². The number of carbonyl (C=O) groups is 1. The van der Waals surface area contributed by atoms with Crippen molar-refractivity contribution in [3.05, 3.63) is 29.6 Å². The molecule has 1 aromatic rings. The maximum atomic E-state index is 10.8. The number of aryl methyl sites for hydroxylation is 1. The third-order valence-corrected chi connectivity index (χ3v) is 2.38. The molecule has 1 atom stereocenters. The number of aromatic nitrogens is 1. The van der Waals surface area contributed by atoms with Crippen LogP contribution >= 0.6 is 0 Å². The number of nitrogens with one attached hydrogen (secondary N) is 1. The monoisotopic (exact) mass is 208 g/mol.